The summed E-state index contributed by atoms with van der Waals surface area (Å²) in [6, 6.07) is 13.7. The standard InChI is InChI=1S/C16H9BrN4O2S/c17-15-6-5-14(24-15)11-7-13(20-16(19)12(11)8-18)9-1-3-10(4-2-9)21(22)23/h1-7H,(H2,19,20). The number of hydrogen-bond acceptors (Lipinski definition) is 6. The highest BCUT2D eigenvalue weighted by molar-refractivity contribution is 9.11. The van der Waals surface area contributed by atoms with Crippen LogP contribution < -0.4 is 5.73 Å². The Kier molecular flexibility index (Phi) is 4.29. The van der Waals surface area contributed by atoms with Gasteiger partial charge in [0.2, 0.25) is 0 Å². The van der Waals surface area contributed by atoms with Crippen molar-refractivity contribution in [1.29, 1.82) is 5.26 Å². The van der Waals surface area contributed by atoms with Crippen molar-refractivity contribution in [2.75, 3.05) is 5.73 Å². The molecule has 0 aliphatic rings. The number of hydrogen-bond donors (Lipinski definition) is 1. The first kappa shape index (κ1) is 16.1. The average Bonchev–Trinajstić information content (AvgIpc) is 3.00. The van der Waals surface area contributed by atoms with Crippen molar-refractivity contribution < 1.29 is 4.92 Å². The SMILES string of the molecule is N#Cc1c(-c2ccc(Br)s2)cc(-c2ccc([N+](=O)[O-])cc2)nc1N. The van der Waals surface area contributed by atoms with E-state index in [4.69, 9.17) is 5.73 Å². The molecule has 2 N–H and O–H groups in total. The van der Waals surface area contributed by atoms with Crippen molar-refractivity contribution in [3.63, 3.8) is 0 Å². The summed E-state index contributed by atoms with van der Waals surface area (Å²) in [4.78, 5) is 15.4. The number of thiophene rings is 1. The maximum atomic E-state index is 10.8. The van der Waals surface area contributed by atoms with Gasteiger partial charge in [0.05, 0.1) is 14.4 Å². The number of non-ortho nitro benzene ring substituents is 1. The summed E-state index contributed by atoms with van der Waals surface area (Å²) >= 11 is 4.89. The molecule has 6 nitrogen and oxygen atoms in total. The molecule has 3 aromatic rings. The summed E-state index contributed by atoms with van der Waals surface area (Å²) in [5.74, 6) is 0.132. The fraction of sp³-hybridized carbons (Fsp3) is 0. The summed E-state index contributed by atoms with van der Waals surface area (Å²) in [6.45, 7) is 0. The molecule has 1 aromatic carbocycles. The van der Waals surface area contributed by atoms with Crippen LogP contribution in [0.15, 0.2) is 46.3 Å². The van der Waals surface area contributed by atoms with Gasteiger partial charge in [0.25, 0.3) is 5.69 Å². The van der Waals surface area contributed by atoms with E-state index >= 15 is 0 Å². The van der Waals surface area contributed by atoms with Crippen molar-refractivity contribution in [2.45, 2.75) is 0 Å². The van der Waals surface area contributed by atoms with Crippen LogP contribution in [-0.4, -0.2) is 9.91 Å². The molecule has 0 amide bonds. The molecule has 2 heterocycles. The predicted octanol–water partition coefficient (Wildman–Crippen LogP) is 4.60. The van der Waals surface area contributed by atoms with E-state index in [0.29, 0.717) is 22.4 Å². The van der Waals surface area contributed by atoms with E-state index in [-0.39, 0.29) is 11.5 Å². The minimum absolute atomic E-state index is 0.00257. The van der Waals surface area contributed by atoms with E-state index in [1.54, 1.807) is 18.2 Å². The Balaban J connectivity index is 2.15. The Morgan fingerprint density at radius 3 is 2.50 bits per heavy atom. The highest BCUT2D eigenvalue weighted by Gasteiger charge is 2.15. The molecule has 0 aliphatic heterocycles. The van der Waals surface area contributed by atoms with Gasteiger partial charge in [0, 0.05) is 28.1 Å². The van der Waals surface area contributed by atoms with Gasteiger partial charge in [0.1, 0.15) is 17.5 Å². The summed E-state index contributed by atoms with van der Waals surface area (Å²) in [5.41, 5.74) is 8.19. The van der Waals surface area contributed by atoms with Gasteiger partial charge >= 0.3 is 0 Å². The number of aromatic nitrogens is 1. The Bertz CT molecular complexity index is 977. The number of nitrogens with two attached hydrogens (primary N) is 1. The van der Waals surface area contributed by atoms with Crippen LogP contribution in [0, 0.1) is 21.4 Å². The molecule has 0 spiro atoms. The van der Waals surface area contributed by atoms with Gasteiger partial charge in [-0.3, -0.25) is 10.1 Å². The van der Waals surface area contributed by atoms with Crippen LogP contribution >= 0.6 is 27.3 Å². The van der Waals surface area contributed by atoms with E-state index in [0.717, 1.165) is 8.66 Å². The second-order valence-electron chi connectivity index (χ2n) is 4.83. The number of pyridine rings is 1. The van der Waals surface area contributed by atoms with Gasteiger partial charge in [-0.2, -0.15) is 5.26 Å². The van der Waals surface area contributed by atoms with Crippen molar-refractivity contribution in [2.24, 2.45) is 0 Å². The minimum Gasteiger partial charge on any atom is -0.383 e. The first-order chi connectivity index (χ1) is 11.5. The molecule has 3 rings (SSSR count). The maximum absolute atomic E-state index is 10.8. The molecule has 0 fully saturated rings. The van der Waals surface area contributed by atoms with Crippen molar-refractivity contribution in [3.8, 4) is 27.8 Å². The first-order valence-electron chi connectivity index (χ1n) is 6.70. The second-order valence-corrected chi connectivity index (χ2v) is 7.30. The van der Waals surface area contributed by atoms with Crippen molar-refractivity contribution in [3.05, 3.63) is 61.9 Å². The minimum atomic E-state index is -0.459. The molecule has 2 aromatic heterocycles. The van der Waals surface area contributed by atoms with Gasteiger partial charge in [-0.25, -0.2) is 4.98 Å². The summed E-state index contributed by atoms with van der Waals surface area (Å²) in [6.07, 6.45) is 0. The fourth-order valence-electron chi connectivity index (χ4n) is 2.24. The third-order valence-corrected chi connectivity index (χ3v) is 5.03. The molecule has 0 aliphatic carbocycles. The second kappa shape index (κ2) is 6.39. The molecule has 24 heavy (non-hydrogen) atoms. The molecular formula is C16H9BrN4O2S. The lowest BCUT2D eigenvalue weighted by Gasteiger charge is -2.08. The van der Waals surface area contributed by atoms with Crippen molar-refractivity contribution >= 4 is 38.8 Å². The molecule has 0 radical (unpaired) electrons. The van der Waals surface area contributed by atoms with Crippen molar-refractivity contribution in [1.82, 2.24) is 4.98 Å². The number of nitro groups is 1. The maximum Gasteiger partial charge on any atom is 0.269 e. The summed E-state index contributed by atoms with van der Waals surface area (Å²) in [5, 5.41) is 20.1. The Morgan fingerprint density at radius 1 is 1.25 bits per heavy atom. The number of halogens is 1. The lowest BCUT2D eigenvalue weighted by atomic mass is 10.0. The van der Waals surface area contributed by atoms with Crippen LogP contribution in [0.2, 0.25) is 0 Å². The number of nitrogens with zero attached hydrogens (tertiary/aromatic N) is 3. The molecule has 0 unspecified atom stereocenters. The number of anilines is 1. The van der Waals surface area contributed by atoms with Crippen LogP contribution in [0.3, 0.4) is 0 Å². The number of nitriles is 1. The van der Waals surface area contributed by atoms with Crippen LogP contribution in [-0.2, 0) is 0 Å². The van der Waals surface area contributed by atoms with Gasteiger partial charge in [-0.15, -0.1) is 11.3 Å². The van der Waals surface area contributed by atoms with Gasteiger partial charge in [0.15, 0.2) is 0 Å². The highest BCUT2D eigenvalue weighted by atomic mass is 79.9. The van der Waals surface area contributed by atoms with E-state index in [9.17, 15) is 15.4 Å². The number of nitrogen functional groups attached to an aromatic ring is 1. The highest BCUT2D eigenvalue weighted by Crippen LogP contribution is 2.36. The zero-order valence-electron chi connectivity index (χ0n) is 12.1. The largest absolute Gasteiger partial charge is 0.383 e. The van der Waals surface area contributed by atoms with Crippen LogP contribution in [0.1, 0.15) is 5.56 Å². The van der Waals surface area contributed by atoms with E-state index in [2.05, 4.69) is 27.0 Å². The predicted molar refractivity (Wildman–Crippen MR) is 96.5 cm³/mol. The lowest BCUT2D eigenvalue weighted by Crippen LogP contribution is -1.99. The Hall–Kier alpha value is -2.76. The first-order valence-corrected chi connectivity index (χ1v) is 8.31. The third-order valence-electron chi connectivity index (χ3n) is 3.37. The smallest absolute Gasteiger partial charge is 0.269 e. The topological polar surface area (TPSA) is 106 Å². The molecule has 0 saturated heterocycles. The van der Waals surface area contributed by atoms with Crippen LogP contribution in [0.4, 0.5) is 11.5 Å². The zero-order chi connectivity index (χ0) is 17.3. The zero-order valence-corrected chi connectivity index (χ0v) is 14.5. The summed E-state index contributed by atoms with van der Waals surface area (Å²) < 4.78 is 0.939. The number of nitro benzene ring substituents is 1. The quantitative estimate of drug-likeness (QED) is 0.510. The Morgan fingerprint density at radius 2 is 1.96 bits per heavy atom. The average molecular weight is 401 g/mol. The molecular weight excluding hydrogens is 392 g/mol. The Labute approximate surface area is 149 Å². The molecule has 8 heteroatoms. The number of benzene rings is 1. The van der Waals surface area contributed by atoms with Gasteiger partial charge in [-0.05, 0) is 46.3 Å². The van der Waals surface area contributed by atoms with E-state index in [1.165, 1.54) is 23.5 Å². The molecule has 0 saturated carbocycles. The van der Waals surface area contributed by atoms with Crippen LogP contribution in [0.25, 0.3) is 21.7 Å². The normalized spacial score (nSPS) is 10.3. The van der Waals surface area contributed by atoms with Gasteiger partial charge < -0.3 is 5.73 Å². The molecule has 0 atom stereocenters. The third kappa shape index (κ3) is 2.99. The van der Waals surface area contributed by atoms with E-state index in [1.807, 2.05) is 12.1 Å². The van der Waals surface area contributed by atoms with E-state index < -0.39 is 4.92 Å². The number of rotatable bonds is 3. The monoisotopic (exact) mass is 400 g/mol. The molecule has 118 valence electrons. The molecule has 0 bridgehead atoms. The lowest BCUT2D eigenvalue weighted by molar-refractivity contribution is -0.384. The summed E-state index contributed by atoms with van der Waals surface area (Å²) in [7, 11) is 0. The van der Waals surface area contributed by atoms with Crippen LogP contribution in [0.5, 0.6) is 0 Å². The van der Waals surface area contributed by atoms with Gasteiger partial charge in [-0.1, -0.05) is 0 Å². The fourth-order valence-corrected chi connectivity index (χ4v) is 3.65.